The zero-order chi connectivity index (χ0) is 49.4. The number of benzene rings is 4. The lowest BCUT2D eigenvalue weighted by Crippen LogP contribution is -2.30. The molecule has 0 radical (unpaired) electrons. The van der Waals surface area contributed by atoms with E-state index in [4.69, 9.17) is 4.98 Å². The molecule has 4 aromatic carbocycles. The minimum Gasteiger partial charge on any atom is -0.311 e. The summed E-state index contributed by atoms with van der Waals surface area (Å²) in [6.45, 7) is 7.63. The highest BCUT2D eigenvalue weighted by atomic mass is 32.1. The molecule has 0 saturated heterocycles. The molecule has 0 spiro atoms. The highest BCUT2D eigenvalue weighted by molar-refractivity contribution is 7.29. The van der Waals surface area contributed by atoms with E-state index in [2.05, 4.69) is 157 Å². The third-order valence-electron chi connectivity index (χ3n) is 13.3. The Kier molecular flexibility index (Phi) is 15.7. The fourth-order valence-electron chi connectivity index (χ4n) is 9.64. The van der Waals surface area contributed by atoms with Crippen LogP contribution in [0.4, 0.5) is 17.1 Å². The molecule has 0 aliphatic carbocycles. The van der Waals surface area contributed by atoms with Crippen LogP contribution in [-0.2, 0) is 9.59 Å². The van der Waals surface area contributed by atoms with E-state index in [9.17, 15) is 0 Å². The molecule has 0 fully saturated rings. The van der Waals surface area contributed by atoms with Gasteiger partial charge in [-0.15, -0.1) is 22.7 Å². The van der Waals surface area contributed by atoms with Crippen LogP contribution in [0.1, 0.15) is 117 Å². The van der Waals surface area contributed by atoms with Gasteiger partial charge in [0.15, 0.2) is 9.66 Å². The Hall–Kier alpha value is -6.42. The van der Waals surface area contributed by atoms with Crippen LogP contribution in [-0.4, -0.2) is 44.7 Å². The number of hydrogen-bond acceptors (Lipinski definition) is 9. The topological polar surface area (TPSA) is 69.6 Å². The zero-order valence-electron chi connectivity index (χ0n) is 41.3. The molecule has 0 unspecified atom stereocenters. The van der Waals surface area contributed by atoms with Crippen molar-refractivity contribution in [1.29, 1.82) is 0 Å². The number of amides is 2. The van der Waals surface area contributed by atoms with Crippen molar-refractivity contribution in [2.45, 2.75) is 97.8 Å². The highest BCUT2D eigenvalue weighted by Gasteiger charge is 2.49. The molecular weight excluding hydrogens is 963 g/mol. The van der Waals surface area contributed by atoms with Crippen molar-refractivity contribution in [3.63, 3.8) is 0 Å². The van der Waals surface area contributed by atoms with E-state index in [0.29, 0.717) is 24.2 Å². The normalized spacial score (nSPS) is 13.5. The molecule has 2 aliphatic heterocycles. The number of nitrogens with zero attached hydrogens (tertiary/aromatic N) is 5. The van der Waals surface area contributed by atoms with Crippen molar-refractivity contribution in [2.75, 3.05) is 18.0 Å². The molecule has 6 heterocycles. The molecule has 4 aromatic heterocycles. The predicted molar refractivity (Wildman–Crippen MR) is 304 cm³/mol. The molecule has 7 nitrogen and oxygen atoms in total. The lowest BCUT2D eigenvalue weighted by atomic mass is 10.1. The van der Waals surface area contributed by atoms with Crippen LogP contribution in [0.3, 0.4) is 0 Å². The molecule has 2 aliphatic rings. The number of hydrogen-bond donors (Lipinski definition) is 0. The maximum Gasteiger partial charge on any atom is 0.261 e. The minimum absolute atomic E-state index is 0.0658. The van der Waals surface area contributed by atoms with E-state index in [1.165, 1.54) is 38.5 Å². The summed E-state index contributed by atoms with van der Waals surface area (Å²) in [5, 5.41) is 1.93. The van der Waals surface area contributed by atoms with Gasteiger partial charge in [-0.3, -0.25) is 9.59 Å². The Morgan fingerprint density at radius 3 is 1.43 bits per heavy atom. The fraction of sp³-hybridized carbons (Fsp3) is 0.279. The van der Waals surface area contributed by atoms with Gasteiger partial charge in [0.25, 0.3) is 11.8 Å². The summed E-state index contributed by atoms with van der Waals surface area (Å²) >= 11 is 6.47. The number of unbranched alkanes of at least 4 members (excludes halogenated alkanes) is 10. The maximum atomic E-state index is 15.1. The molecule has 2 amide bonds. The van der Waals surface area contributed by atoms with E-state index in [0.717, 1.165) is 123 Å². The number of thiazole rings is 2. The number of aryl methyl sites for hydroxylation is 1. The molecule has 0 N–H and O–H groups in total. The summed E-state index contributed by atoms with van der Waals surface area (Å²) in [6, 6.07) is 46.0. The van der Waals surface area contributed by atoms with Crippen LogP contribution in [0.15, 0.2) is 145 Å². The third-order valence-corrected chi connectivity index (χ3v) is 17.6. The smallest absolute Gasteiger partial charge is 0.261 e. The van der Waals surface area contributed by atoms with Gasteiger partial charge in [-0.2, -0.15) is 0 Å². The van der Waals surface area contributed by atoms with Crippen LogP contribution in [0.25, 0.3) is 41.4 Å². The van der Waals surface area contributed by atoms with Gasteiger partial charge < -0.3 is 14.7 Å². The summed E-state index contributed by atoms with van der Waals surface area (Å²) in [5.41, 5.74) is 8.80. The van der Waals surface area contributed by atoms with Crippen LogP contribution < -0.4 is 4.90 Å². The minimum atomic E-state index is -0.0658. The van der Waals surface area contributed by atoms with Gasteiger partial charge >= 0.3 is 0 Å². The molecule has 0 saturated carbocycles. The number of aromatic nitrogens is 2. The maximum absolute atomic E-state index is 15.1. The Bertz CT molecular complexity index is 3220. The van der Waals surface area contributed by atoms with Crippen LogP contribution >= 0.6 is 45.3 Å². The Morgan fingerprint density at radius 1 is 0.458 bits per heavy atom. The molecule has 364 valence electrons. The Labute approximate surface area is 440 Å². The average molecular weight is 1020 g/mol. The molecule has 10 rings (SSSR count). The molecule has 11 heteroatoms. The van der Waals surface area contributed by atoms with E-state index >= 15 is 9.59 Å². The first kappa shape index (κ1) is 49.2. The van der Waals surface area contributed by atoms with Gasteiger partial charge in [0.05, 0.1) is 42.2 Å². The zero-order valence-corrected chi connectivity index (χ0v) is 44.6. The van der Waals surface area contributed by atoms with Gasteiger partial charge in [0.1, 0.15) is 5.01 Å². The molecule has 8 aromatic rings. The first-order valence-electron chi connectivity index (χ1n) is 25.6. The predicted octanol–water partition coefficient (Wildman–Crippen LogP) is 16.9. The van der Waals surface area contributed by atoms with Crippen LogP contribution in [0, 0.1) is 18.8 Å². The lowest BCUT2D eigenvalue weighted by Gasteiger charge is -2.25. The second-order valence-corrected chi connectivity index (χ2v) is 22.8. The first-order valence-corrected chi connectivity index (χ1v) is 28.8. The van der Waals surface area contributed by atoms with Crippen molar-refractivity contribution in [1.82, 2.24) is 19.8 Å². The quantitative estimate of drug-likeness (QED) is 0.0530. The third kappa shape index (κ3) is 10.7. The SMILES string of the molecule is CCCCCCCCN1C(=O)C2=C(c3ccc(-c4nc5sc(C)nc5s4)s3)N(CCCCCCCC)C(=O)C2=C1c1ccc(-c2ccc(C#Cc3ccc(N(c4ccccc4)c4ccccc4)cc3)cc2)s1. The standard InChI is InChI=1S/C61H59N5O2S4/c1-4-6-8-10-12-20-40-64-55(53-54(61(64)68)56(65(60(53)67)41-21-13-11-9-7-5-2)51-38-39-52(71-51)57-63-59-58(72-57)62-42(3)69-59)50-37-36-49(70-50)45-32-28-43(29-33-45)26-27-44-30-34-48(35-31-44)66(46-22-16-14-17-23-46)47-24-18-15-19-25-47/h14-19,22-25,28-39H,4-13,20-21,40-41H2,1-3H3. The number of thiophene rings is 2. The van der Waals surface area contributed by atoms with Crippen molar-refractivity contribution in [3.8, 4) is 32.2 Å². The summed E-state index contributed by atoms with van der Waals surface area (Å²) < 4.78 is 0. The summed E-state index contributed by atoms with van der Waals surface area (Å²) in [6.07, 6.45) is 13.3. The Balaban J connectivity index is 0.937. The number of carbonyl (C=O) groups is 2. The highest BCUT2D eigenvalue weighted by Crippen LogP contribution is 2.50. The number of fused-ring (bicyclic) bond motifs is 2. The van der Waals surface area contributed by atoms with Crippen molar-refractivity contribution in [2.24, 2.45) is 0 Å². The van der Waals surface area contributed by atoms with Crippen molar-refractivity contribution < 1.29 is 9.59 Å². The van der Waals surface area contributed by atoms with Crippen LogP contribution in [0.5, 0.6) is 0 Å². The number of carbonyl (C=O) groups excluding carboxylic acids is 2. The van der Waals surface area contributed by atoms with Gasteiger partial charge in [0.2, 0.25) is 0 Å². The van der Waals surface area contributed by atoms with Crippen LogP contribution in [0.2, 0.25) is 0 Å². The second kappa shape index (κ2) is 23.0. The Morgan fingerprint density at radius 2 is 0.903 bits per heavy atom. The largest absolute Gasteiger partial charge is 0.311 e. The van der Waals surface area contributed by atoms with Crippen molar-refractivity contribution >= 4 is 95.3 Å². The molecule has 72 heavy (non-hydrogen) atoms. The monoisotopic (exact) mass is 1020 g/mol. The van der Waals surface area contributed by atoms with E-state index in [1.807, 2.05) is 28.9 Å². The van der Waals surface area contributed by atoms with Crippen molar-refractivity contribution in [3.05, 3.63) is 170 Å². The van der Waals surface area contributed by atoms with Gasteiger partial charge in [0, 0.05) is 46.2 Å². The van der Waals surface area contributed by atoms with Gasteiger partial charge in [-0.1, -0.05) is 161 Å². The summed E-state index contributed by atoms with van der Waals surface area (Å²) in [4.78, 5) is 51.8. The summed E-state index contributed by atoms with van der Waals surface area (Å²) in [5.74, 6) is 6.63. The molecular formula is C61H59N5O2S4. The van der Waals surface area contributed by atoms with Gasteiger partial charge in [-0.05, 0) is 110 Å². The van der Waals surface area contributed by atoms with E-state index < -0.39 is 0 Å². The van der Waals surface area contributed by atoms with E-state index in [1.54, 1.807) is 45.3 Å². The molecule has 0 atom stereocenters. The fourth-order valence-corrected chi connectivity index (χ4v) is 13.8. The number of para-hydroxylation sites is 2. The second-order valence-electron chi connectivity index (χ2n) is 18.5. The number of rotatable bonds is 21. The van der Waals surface area contributed by atoms with E-state index in [-0.39, 0.29) is 11.8 Å². The summed E-state index contributed by atoms with van der Waals surface area (Å²) in [7, 11) is 0. The first-order chi connectivity index (χ1) is 35.4. The number of anilines is 3. The average Bonchev–Trinajstić information content (AvgIpc) is 4.28. The molecule has 0 bridgehead atoms. The lowest BCUT2D eigenvalue weighted by molar-refractivity contribution is -0.124. The van der Waals surface area contributed by atoms with Gasteiger partial charge in [-0.25, -0.2) is 9.97 Å².